The standard InChI is InChI=1S/C20H27N3O3/c24-18-12-23(10-9-21-18)17-6-2-5-16(19(17)25)22-20(26)15-8-7-13-3-1-4-14(13)11-15/h7-8,11,16-17,19,25H,1-6,9-10,12H2,(H,21,24)(H,22,26)/t16-,17-,19-/m1/s1. The number of carbonyl (C=O) groups is 2. The maximum Gasteiger partial charge on any atom is 0.251 e. The van der Waals surface area contributed by atoms with Gasteiger partial charge < -0.3 is 15.7 Å². The van der Waals surface area contributed by atoms with Crippen molar-refractivity contribution in [2.24, 2.45) is 0 Å². The molecule has 140 valence electrons. The molecule has 1 heterocycles. The number of hydrogen-bond donors (Lipinski definition) is 3. The molecule has 0 unspecified atom stereocenters. The highest BCUT2D eigenvalue weighted by Gasteiger charge is 2.37. The predicted molar refractivity (Wildman–Crippen MR) is 97.9 cm³/mol. The largest absolute Gasteiger partial charge is 0.389 e. The van der Waals surface area contributed by atoms with Crippen LogP contribution in [0.25, 0.3) is 0 Å². The fourth-order valence-electron chi connectivity index (χ4n) is 4.62. The smallest absolute Gasteiger partial charge is 0.251 e. The summed E-state index contributed by atoms with van der Waals surface area (Å²) in [6.45, 7) is 1.69. The molecule has 1 saturated carbocycles. The Morgan fingerprint density at radius 2 is 2.04 bits per heavy atom. The molecule has 2 amide bonds. The minimum atomic E-state index is -0.645. The molecule has 2 aliphatic carbocycles. The molecule has 6 heteroatoms. The zero-order valence-electron chi connectivity index (χ0n) is 15.0. The van der Waals surface area contributed by atoms with Crippen molar-refractivity contribution in [1.29, 1.82) is 0 Å². The molecule has 1 aliphatic heterocycles. The number of aryl methyl sites for hydroxylation is 2. The Balaban J connectivity index is 1.42. The SMILES string of the molecule is O=C1CN([C@@H]2CCC[C@@H](NC(=O)c3ccc4c(c3)CCC4)[C@H]2O)CCN1. The Labute approximate surface area is 153 Å². The maximum absolute atomic E-state index is 12.7. The summed E-state index contributed by atoms with van der Waals surface area (Å²) in [5, 5.41) is 16.7. The first kappa shape index (κ1) is 17.5. The highest BCUT2D eigenvalue weighted by atomic mass is 16.3. The number of hydrogen-bond acceptors (Lipinski definition) is 4. The molecule has 26 heavy (non-hydrogen) atoms. The van der Waals surface area contributed by atoms with E-state index >= 15 is 0 Å². The molecule has 0 radical (unpaired) electrons. The molecule has 1 aromatic rings. The Morgan fingerprint density at radius 1 is 1.19 bits per heavy atom. The number of nitrogens with zero attached hydrogens (tertiary/aromatic N) is 1. The van der Waals surface area contributed by atoms with Crippen LogP contribution in [0, 0.1) is 0 Å². The summed E-state index contributed by atoms with van der Waals surface area (Å²) in [5.74, 6) is -0.103. The van der Waals surface area contributed by atoms with E-state index in [4.69, 9.17) is 0 Å². The van der Waals surface area contributed by atoms with Crippen LogP contribution in [0.5, 0.6) is 0 Å². The second-order valence-electron chi connectivity index (χ2n) is 7.73. The van der Waals surface area contributed by atoms with Crippen molar-refractivity contribution in [1.82, 2.24) is 15.5 Å². The van der Waals surface area contributed by atoms with Crippen molar-refractivity contribution in [3.05, 3.63) is 34.9 Å². The van der Waals surface area contributed by atoms with E-state index in [-0.39, 0.29) is 23.9 Å². The summed E-state index contributed by atoms with van der Waals surface area (Å²) >= 11 is 0. The topological polar surface area (TPSA) is 81.7 Å². The van der Waals surface area contributed by atoms with Crippen molar-refractivity contribution < 1.29 is 14.7 Å². The third-order valence-corrected chi connectivity index (χ3v) is 6.04. The van der Waals surface area contributed by atoms with Crippen LogP contribution in [0.3, 0.4) is 0 Å². The fourth-order valence-corrected chi connectivity index (χ4v) is 4.62. The summed E-state index contributed by atoms with van der Waals surface area (Å²) in [5.41, 5.74) is 3.30. The van der Waals surface area contributed by atoms with Crippen LogP contribution in [-0.2, 0) is 17.6 Å². The van der Waals surface area contributed by atoms with Crippen LogP contribution in [0.2, 0.25) is 0 Å². The number of carbonyl (C=O) groups excluding carboxylic acids is 2. The van der Waals surface area contributed by atoms with Gasteiger partial charge in [0.15, 0.2) is 0 Å². The molecule has 3 aliphatic rings. The minimum Gasteiger partial charge on any atom is -0.389 e. The predicted octanol–water partition coefficient (Wildman–Crippen LogP) is 0.619. The molecule has 1 aromatic carbocycles. The fraction of sp³-hybridized carbons (Fsp3) is 0.600. The van der Waals surface area contributed by atoms with Crippen LogP contribution >= 0.6 is 0 Å². The lowest BCUT2D eigenvalue weighted by molar-refractivity contribution is -0.126. The van der Waals surface area contributed by atoms with E-state index in [9.17, 15) is 14.7 Å². The van der Waals surface area contributed by atoms with Crippen molar-refractivity contribution in [2.45, 2.75) is 56.7 Å². The molecular weight excluding hydrogens is 330 g/mol. The summed E-state index contributed by atoms with van der Waals surface area (Å²) in [4.78, 5) is 26.4. The van der Waals surface area contributed by atoms with Crippen molar-refractivity contribution in [2.75, 3.05) is 19.6 Å². The van der Waals surface area contributed by atoms with Crippen LogP contribution in [-0.4, -0.2) is 59.6 Å². The van der Waals surface area contributed by atoms with Crippen LogP contribution in [0.4, 0.5) is 0 Å². The summed E-state index contributed by atoms with van der Waals surface area (Å²) in [6, 6.07) is 5.61. The van der Waals surface area contributed by atoms with Gasteiger partial charge in [-0.25, -0.2) is 0 Å². The first-order valence-electron chi connectivity index (χ1n) is 9.73. The Morgan fingerprint density at radius 3 is 2.88 bits per heavy atom. The number of amides is 2. The monoisotopic (exact) mass is 357 g/mol. The molecule has 1 saturated heterocycles. The molecule has 3 atom stereocenters. The Kier molecular flexibility index (Phi) is 4.96. The van der Waals surface area contributed by atoms with Gasteiger partial charge in [-0.15, -0.1) is 0 Å². The van der Waals surface area contributed by atoms with Gasteiger partial charge in [0.05, 0.1) is 18.7 Å². The van der Waals surface area contributed by atoms with Gasteiger partial charge >= 0.3 is 0 Å². The van der Waals surface area contributed by atoms with E-state index in [0.717, 1.165) is 45.1 Å². The Bertz CT molecular complexity index is 706. The van der Waals surface area contributed by atoms with E-state index < -0.39 is 6.10 Å². The van der Waals surface area contributed by atoms with Gasteiger partial charge in [0.2, 0.25) is 5.91 Å². The summed E-state index contributed by atoms with van der Waals surface area (Å²) in [6.07, 6.45) is 5.23. The normalized spacial score (nSPS) is 29.1. The molecular formula is C20H27N3O3. The van der Waals surface area contributed by atoms with Gasteiger partial charge in [-0.3, -0.25) is 14.5 Å². The molecule has 6 nitrogen and oxygen atoms in total. The second-order valence-corrected chi connectivity index (χ2v) is 7.73. The average Bonchev–Trinajstić information content (AvgIpc) is 3.11. The lowest BCUT2D eigenvalue weighted by Crippen LogP contribution is -2.60. The van der Waals surface area contributed by atoms with Gasteiger partial charge in [0.25, 0.3) is 5.91 Å². The van der Waals surface area contributed by atoms with E-state index in [1.54, 1.807) is 0 Å². The third kappa shape index (κ3) is 3.48. The van der Waals surface area contributed by atoms with Gasteiger partial charge in [0.1, 0.15) is 0 Å². The molecule has 4 rings (SSSR count). The molecule has 3 N–H and O–H groups in total. The minimum absolute atomic E-state index is 0.00718. The molecule has 2 fully saturated rings. The van der Waals surface area contributed by atoms with Gasteiger partial charge in [-0.05, 0) is 61.8 Å². The third-order valence-electron chi connectivity index (χ3n) is 6.04. The van der Waals surface area contributed by atoms with Crippen LogP contribution < -0.4 is 10.6 Å². The van der Waals surface area contributed by atoms with E-state index in [0.29, 0.717) is 18.7 Å². The number of aliphatic hydroxyl groups is 1. The van der Waals surface area contributed by atoms with E-state index in [2.05, 4.69) is 21.6 Å². The van der Waals surface area contributed by atoms with E-state index in [1.807, 2.05) is 12.1 Å². The average molecular weight is 357 g/mol. The molecule has 0 aromatic heterocycles. The second kappa shape index (κ2) is 7.37. The molecule has 0 bridgehead atoms. The first-order chi connectivity index (χ1) is 12.6. The highest BCUT2D eigenvalue weighted by molar-refractivity contribution is 5.94. The quantitative estimate of drug-likeness (QED) is 0.741. The van der Waals surface area contributed by atoms with Crippen molar-refractivity contribution >= 4 is 11.8 Å². The number of piperazine rings is 1. The number of nitrogens with one attached hydrogen (secondary N) is 2. The van der Waals surface area contributed by atoms with Gasteiger partial charge in [0, 0.05) is 24.7 Å². The van der Waals surface area contributed by atoms with Crippen molar-refractivity contribution in [3.63, 3.8) is 0 Å². The van der Waals surface area contributed by atoms with Crippen molar-refractivity contribution in [3.8, 4) is 0 Å². The van der Waals surface area contributed by atoms with Gasteiger partial charge in [-0.1, -0.05) is 6.07 Å². The lowest BCUT2D eigenvalue weighted by Gasteiger charge is -2.42. The van der Waals surface area contributed by atoms with Crippen LogP contribution in [0.1, 0.15) is 47.2 Å². The van der Waals surface area contributed by atoms with E-state index in [1.165, 1.54) is 11.1 Å². The summed E-state index contributed by atoms with van der Waals surface area (Å²) < 4.78 is 0. The number of benzene rings is 1. The number of aliphatic hydroxyl groups excluding tert-OH is 1. The molecule has 0 spiro atoms. The van der Waals surface area contributed by atoms with Crippen LogP contribution in [0.15, 0.2) is 18.2 Å². The zero-order chi connectivity index (χ0) is 18.1. The highest BCUT2D eigenvalue weighted by Crippen LogP contribution is 2.26. The summed E-state index contributed by atoms with van der Waals surface area (Å²) in [7, 11) is 0. The number of fused-ring (bicyclic) bond motifs is 1. The lowest BCUT2D eigenvalue weighted by atomic mass is 9.86. The van der Waals surface area contributed by atoms with Gasteiger partial charge in [-0.2, -0.15) is 0 Å². The maximum atomic E-state index is 12.7. The Hall–Kier alpha value is -1.92. The first-order valence-corrected chi connectivity index (χ1v) is 9.73. The zero-order valence-corrected chi connectivity index (χ0v) is 15.0. The number of rotatable bonds is 3.